The number of nitrogens with two attached hydrogens (primary N) is 3. The van der Waals surface area contributed by atoms with Gasteiger partial charge in [-0.2, -0.15) is 0 Å². The van der Waals surface area contributed by atoms with Crippen molar-refractivity contribution in [1.82, 2.24) is 10.6 Å². The molecule has 0 aromatic carbocycles. The fourth-order valence-corrected chi connectivity index (χ4v) is 3.56. The third-order valence-electron chi connectivity index (χ3n) is 5.66. The minimum absolute atomic E-state index is 0.168. The van der Waals surface area contributed by atoms with Crippen LogP contribution in [0.4, 0.5) is 0 Å². The van der Waals surface area contributed by atoms with Crippen molar-refractivity contribution in [2.24, 2.45) is 17.2 Å². The van der Waals surface area contributed by atoms with Gasteiger partial charge in [0.15, 0.2) is 0 Å². The van der Waals surface area contributed by atoms with E-state index in [2.05, 4.69) is 10.6 Å². The molecular weight excluding hydrogens is 478 g/mol. The number of hydrogen-bond acceptors (Lipinski definition) is 6. The second-order valence-electron chi connectivity index (χ2n) is 9.24. The van der Waals surface area contributed by atoms with Gasteiger partial charge >= 0.3 is 5.97 Å². The van der Waals surface area contributed by atoms with Crippen molar-refractivity contribution in [1.29, 1.82) is 0 Å². The number of carboxylic acids is 1. The number of unbranched alkanes of at least 4 members (excludes halogenated alkanes) is 15. The Hall–Kier alpha value is -2.69. The van der Waals surface area contributed by atoms with Crippen LogP contribution in [-0.2, 0) is 24.0 Å². The average Bonchev–Trinajstić information content (AvgIpc) is 2.85. The van der Waals surface area contributed by atoms with E-state index in [0.717, 1.165) is 25.7 Å². The molecule has 0 fully saturated rings. The number of rotatable bonds is 24. The van der Waals surface area contributed by atoms with Crippen molar-refractivity contribution >= 4 is 29.6 Å². The summed E-state index contributed by atoms with van der Waals surface area (Å²) in [5, 5.41) is 12.4. The fourth-order valence-electron chi connectivity index (χ4n) is 3.56. The lowest BCUT2D eigenvalue weighted by Crippen LogP contribution is -2.40. The molecule has 0 unspecified atom stereocenters. The first-order valence-corrected chi connectivity index (χ1v) is 13.7. The molecule has 0 atom stereocenters. The van der Waals surface area contributed by atoms with Crippen LogP contribution in [0, 0.1) is 0 Å². The molecule has 0 saturated heterocycles. The summed E-state index contributed by atoms with van der Waals surface area (Å²) in [7, 11) is 0. The molecule has 0 bridgehead atoms. The number of primary amides is 2. The first kappa shape index (κ1) is 36.5. The molecule has 0 aromatic heterocycles. The summed E-state index contributed by atoms with van der Waals surface area (Å²) < 4.78 is 0. The molecular formula is C26H51N5O6. The predicted octanol–water partition coefficient (Wildman–Crippen LogP) is 2.24. The molecule has 0 radical (unpaired) electrons. The Morgan fingerprint density at radius 1 is 0.486 bits per heavy atom. The van der Waals surface area contributed by atoms with Crippen LogP contribution in [0.3, 0.4) is 0 Å². The lowest BCUT2D eigenvalue weighted by atomic mass is 10.0. The zero-order valence-corrected chi connectivity index (χ0v) is 22.6. The highest BCUT2D eigenvalue weighted by atomic mass is 16.4. The Morgan fingerprint density at radius 2 is 0.784 bits per heavy atom. The van der Waals surface area contributed by atoms with Crippen LogP contribution in [0.15, 0.2) is 0 Å². The SMILES string of the molecule is NC(=O)CCCCCCCCCCCCCCCCCCC(N)=O.NCC(=O)NCC(=O)NCC(=O)O. The smallest absolute Gasteiger partial charge is 0.322 e. The van der Waals surface area contributed by atoms with Crippen molar-refractivity contribution in [3.05, 3.63) is 0 Å². The van der Waals surface area contributed by atoms with Crippen molar-refractivity contribution in [3.63, 3.8) is 0 Å². The molecule has 0 aromatic rings. The van der Waals surface area contributed by atoms with Crippen LogP contribution in [0.25, 0.3) is 0 Å². The first-order chi connectivity index (χ1) is 17.7. The molecule has 0 heterocycles. The third-order valence-corrected chi connectivity index (χ3v) is 5.66. The molecule has 0 spiro atoms. The maximum Gasteiger partial charge on any atom is 0.322 e. The van der Waals surface area contributed by atoms with Crippen molar-refractivity contribution < 1.29 is 29.1 Å². The second kappa shape index (κ2) is 27.9. The van der Waals surface area contributed by atoms with Crippen molar-refractivity contribution in [2.75, 3.05) is 19.6 Å². The normalized spacial score (nSPS) is 10.2. The number of carbonyl (C=O) groups is 5. The molecule has 0 rings (SSSR count). The van der Waals surface area contributed by atoms with Gasteiger partial charge in [0.2, 0.25) is 23.6 Å². The largest absolute Gasteiger partial charge is 0.480 e. The van der Waals surface area contributed by atoms with Crippen LogP contribution >= 0.6 is 0 Å². The zero-order chi connectivity index (χ0) is 28.2. The van der Waals surface area contributed by atoms with Crippen LogP contribution in [0.1, 0.15) is 116 Å². The zero-order valence-electron chi connectivity index (χ0n) is 22.6. The van der Waals surface area contributed by atoms with E-state index < -0.39 is 24.3 Å². The van der Waals surface area contributed by atoms with E-state index in [1.807, 2.05) is 0 Å². The quantitative estimate of drug-likeness (QED) is 0.103. The molecule has 216 valence electrons. The first-order valence-electron chi connectivity index (χ1n) is 13.7. The van der Waals surface area contributed by atoms with Gasteiger partial charge in [-0.25, -0.2) is 0 Å². The number of amides is 4. The van der Waals surface area contributed by atoms with Crippen LogP contribution in [0.2, 0.25) is 0 Å². The summed E-state index contributed by atoms with van der Waals surface area (Å²) in [4.78, 5) is 52.4. The molecule has 11 nitrogen and oxygen atoms in total. The van der Waals surface area contributed by atoms with E-state index >= 15 is 0 Å². The van der Waals surface area contributed by atoms with E-state index in [1.54, 1.807) is 0 Å². The molecule has 37 heavy (non-hydrogen) atoms. The molecule has 0 aliphatic heterocycles. The topological polar surface area (TPSA) is 208 Å². The number of hydrogen-bond donors (Lipinski definition) is 6. The minimum Gasteiger partial charge on any atom is -0.480 e. The van der Waals surface area contributed by atoms with Gasteiger partial charge in [0.05, 0.1) is 13.1 Å². The van der Waals surface area contributed by atoms with E-state index in [1.165, 1.54) is 77.0 Å². The molecule has 0 saturated carbocycles. The fraction of sp³-hybridized carbons (Fsp3) is 0.808. The number of carboxylic acid groups (broad SMARTS) is 1. The van der Waals surface area contributed by atoms with E-state index in [-0.39, 0.29) is 24.9 Å². The van der Waals surface area contributed by atoms with Crippen molar-refractivity contribution in [2.45, 2.75) is 116 Å². The highest BCUT2D eigenvalue weighted by molar-refractivity contribution is 5.87. The van der Waals surface area contributed by atoms with Gasteiger partial charge in [0.25, 0.3) is 0 Å². The van der Waals surface area contributed by atoms with Gasteiger partial charge in [-0.1, -0.05) is 89.9 Å². The molecule has 4 amide bonds. The maximum absolute atomic E-state index is 10.7. The summed E-state index contributed by atoms with van der Waals surface area (Å²) in [6.07, 6.45) is 21.3. The van der Waals surface area contributed by atoms with Crippen LogP contribution in [0.5, 0.6) is 0 Å². The molecule has 0 aliphatic carbocycles. The summed E-state index contributed by atoms with van der Waals surface area (Å²) >= 11 is 0. The van der Waals surface area contributed by atoms with Crippen LogP contribution < -0.4 is 27.8 Å². The van der Waals surface area contributed by atoms with E-state index in [9.17, 15) is 24.0 Å². The predicted molar refractivity (Wildman–Crippen MR) is 144 cm³/mol. The highest BCUT2D eigenvalue weighted by Crippen LogP contribution is 2.14. The van der Waals surface area contributed by atoms with Gasteiger partial charge in [-0.15, -0.1) is 0 Å². The standard InChI is InChI=1S/C20H40N2O2.C6H11N3O4/c21-19(23)17-15-13-11-9-7-5-3-1-2-4-6-8-10-12-14-16-18-20(22)24;7-1-4(10)8-2-5(11)9-3-6(12)13/h1-18H2,(H2,21,23)(H2,22,24);1-3,7H2,(H,8,10)(H,9,11)(H,12,13). The molecule has 0 aliphatic rings. The summed E-state index contributed by atoms with van der Waals surface area (Å²) in [6, 6.07) is 0. The van der Waals surface area contributed by atoms with Crippen molar-refractivity contribution in [3.8, 4) is 0 Å². The lowest BCUT2D eigenvalue weighted by molar-refractivity contribution is -0.137. The van der Waals surface area contributed by atoms with Gasteiger partial charge in [-0.05, 0) is 12.8 Å². The summed E-state index contributed by atoms with van der Waals surface area (Å²) in [5.41, 5.74) is 15.2. The third kappa shape index (κ3) is 35.5. The van der Waals surface area contributed by atoms with Gasteiger partial charge in [0.1, 0.15) is 6.54 Å². The number of aliphatic carboxylic acids is 1. The highest BCUT2D eigenvalue weighted by Gasteiger charge is 2.04. The van der Waals surface area contributed by atoms with E-state index in [0.29, 0.717) is 12.8 Å². The second-order valence-corrected chi connectivity index (χ2v) is 9.24. The number of nitrogens with one attached hydrogen (secondary N) is 2. The summed E-state index contributed by atoms with van der Waals surface area (Å²) in [5.74, 6) is -2.51. The number of carbonyl (C=O) groups excluding carboxylic acids is 4. The van der Waals surface area contributed by atoms with E-state index in [4.69, 9.17) is 22.3 Å². The lowest BCUT2D eigenvalue weighted by Gasteiger charge is -2.03. The molecule has 11 heteroatoms. The Bertz CT molecular complexity index is 601. The van der Waals surface area contributed by atoms with Gasteiger partial charge < -0.3 is 32.9 Å². The Balaban J connectivity index is 0. The Labute approximate surface area is 222 Å². The summed E-state index contributed by atoms with van der Waals surface area (Å²) in [6.45, 7) is -0.924. The monoisotopic (exact) mass is 529 g/mol. The van der Waals surface area contributed by atoms with Gasteiger partial charge in [0, 0.05) is 12.8 Å². The maximum atomic E-state index is 10.7. The minimum atomic E-state index is -1.14. The van der Waals surface area contributed by atoms with Gasteiger partial charge in [-0.3, -0.25) is 24.0 Å². The average molecular weight is 530 g/mol. The van der Waals surface area contributed by atoms with Crippen LogP contribution in [-0.4, -0.2) is 54.3 Å². The molecule has 9 N–H and O–H groups in total. The Kier molecular flexibility index (Phi) is 27.5. The Morgan fingerprint density at radius 3 is 1.05 bits per heavy atom.